The summed E-state index contributed by atoms with van der Waals surface area (Å²) in [5, 5.41) is 0. The quantitative estimate of drug-likeness (QED) is 0.0748. The molecule has 1 atom stereocenters. The van der Waals surface area contributed by atoms with E-state index in [2.05, 4.69) is 32.3 Å². The Bertz CT molecular complexity index is 971. The van der Waals surface area contributed by atoms with Gasteiger partial charge in [-0.05, 0) is 61.4 Å². The van der Waals surface area contributed by atoms with Crippen LogP contribution < -0.4 is 9.47 Å². The Hall–Kier alpha value is -3.03. The average Bonchev–Trinajstić information content (AvgIpc) is 2.90. The number of ketones is 1. The van der Waals surface area contributed by atoms with Gasteiger partial charge < -0.3 is 14.2 Å². The van der Waals surface area contributed by atoms with Crippen molar-refractivity contribution in [2.75, 3.05) is 13.7 Å². The van der Waals surface area contributed by atoms with Gasteiger partial charge in [-0.3, -0.25) is 4.79 Å². The third kappa shape index (κ3) is 10.3. The molecule has 0 unspecified atom stereocenters. The van der Waals surface area contributed by atoms with Crippen LogP contribution in [0.15, 0.2) is 55.1 Å². The van der Waals surface area contributed by atoms with Crippen molar-refractivity contribution in [3.8, 4) is 23.3 Å². The van der Waals surface area contributed by atoms with Crippen LogP contribution in [-0.2, 0) is 17.8 Å². The average molecular weight is 491 g/mol. The van der Waals surface area contributed by atoms with Gasteiger partial charge in [-0.15, -0.1) is 6.58 Å². The summed E-state index contributed by atoms with van der Waals surface area (Å²) in [7, 11) is 1.64. The van der Waals surface area contributed by atoms with Gasteiger partial charge in [0.15, 0.2) is 0 Å². The lowest BCUT2D eigenvalue weighted by Crippen LogP contribution is -2.13. The van der Waals surface area contributed by atoms with Crippen molar-refractivity contribution in [3.63, 3.8) is 0 Å². The van der Waals surface area contributed by atoms with Crippen LogP contribution in [0.25, 0.3) is 0 Å². The SMILES string of the molecule is C=CCc1c(OCc2ccc(OC)cc2)cccc1C(=O)C#CCC[C@H](CCCCC)OCCCC. The first-order valence-electron chi connectivity index (χ1n) is 13.3. The number of carbonyl (C=O) groups excluding carboxylic acids is 1. The molecule has 2 rings (SSSR count). The summed E-state index contributed by atoms with van der Waals surface area (Å²) in [5.74, 6) is 7.25. The number of ether oxygens (including phenoxy) is 3. The minimum absolute atomic E-state index is 0.184. The van der Waals surface area contributed by atoms with Crippen LogP contribution in [0.4, 0.5) is 0 Å². The predicted octanol–water partition coefficient (Wildman–Crippen LogP) is 7.73. The van der Waals surface area contributed by atoms with Gasteiger partial charge in [0.2, 0.25) is 5.78 Å². The molecule has 4 heteroatoms. The fraction of sp³-hybridized carbons (Fsp3) is 0.469. The molecule has 0 spiro atoms. The smallest absolute Gasteiger partial charge is 0.236 e. The molecule has 0 saturated heterocycles. The fourth-order valence-electron chi connectivity index (χ4n) is 3.92. The molecular formula is C32H42O4. The lowest BCUT2D eigenvalue weighted by atomic mass is 9.99. The van der Waals surface area contributed by atoms with E-state index in [1.54, 1.807) is 13.2 Å². The molecule has 0 amide bonds. The molecule has 36 heavy (non-hydrogen) atoms. The monoisotopic (exact) mass is 490 g/mol. The summed E-state index contributed by atoms with van der Waals surface area (Å²) in [4.78, 5) is 13.0. The number of unbranched alkanes of at least 4 members (excludes halogenated alkanes) is 3. The van der Waals surface area contributed by atoms with Gasteiger partial charge in [0.05, 0.1) is 13.2 Å². The van der Waals surface area contributed by atoms with Crippen molar-refractivity contribution < 1.29 is 19.0 Å². The van der Waals surface area contributed by atoms with E-state index in [0.717, 1.165) is 49.2 Å². The molecule has 0 bridgehead atoms. The molecule has 0 aliphatic heterocycles. The second kappa shape index (κ2) is 17.4. The zero-order chi connectivity index (χ0) is 26.0. The number of benzene rings is 2. The Morgan fingerprint density at radius 2 is 1.81 bits per heavy atom. The van der Waals surface area contributed by atoms with Gasteiger partial charge in [0.25, 0.3) is 0 Å². The highest BCUT2D eigenvalue weighted by Gasteiger charge is 2.14. The highest BCUT2D eigenvalue weighted by Crippen LogP contribution is 2.25. The third-order valence-corrected chi connectivity index (χ3v) is 6.05. The summed E-state index contributed by atoms with van der Waals surface area (Å²) in [6, 6.07) is 13.3. The number of hydrogen-bond donors (Lipinski definition) is 0. The first kappa shape index (κ1) is 29.2. The Morgan fingerprint density at radius 1 is 1.03 bits per heavy atom. The summed E-state index contributed by atoms with van der Waals surface area (Å²) >= 11 is 0. The first-order chi connectivity index (χ1) is 17.6. The largest absolute Gasteiger partial charge is 0.497 e. The summed E-state index contributed by atoms with van der Waals surface area (Å²) in [5.41, 5.74) is 2.42. The van der Waals surface area contributed by atoms with Gasteiger partial charge in [-0.1, -0.05) is 69.7 Å². The lowest BCUT2D eigenvalue weighted by molar-refractivity contribution is 0.0392. The maximum Gasteiger partial charge on any atom is 0.236 e. The molecule has 0 aliphatic carbocycles. The van der Waals surface area contributed by atoms with Crippen molar-refractivity contribution in [1.82, 2.24) is 0 Å². The molecular weight excluding hydrogens is 448 g/mol. The Morgan fingerprint density at radius 3 is 2.50 bits per heavy atom. The highest BCUT2D eigenvalue weighted by atomic mass is 16.5. The zero-order valence-electron chi connectivity index (χ0n) is 22.3. The van der Waals surface area contributed by atoms with Gasteiger partial charge in [0.1, 0.15) is 18.1 Å². The summed E-state index contributed by atoms with van der Waals surface area (Å²) < 4.78 is 17.4. The van der Waals surface area contributed by atoms with Gasteiger partial charge in [-0.2, -0.15) is 0 Å². The van der Waals surface area contributed by atoms with E-state index in [1.165, 1.54) is 19.3 Å². The molecule has 2 aromatic rings. The number of rotatable bonds is 17. The van der Waals surface area contributed by atoms with E-state index in [0.29, 0.717) is 30.8 Å². The van der Waals surface area contributed by atoms with Crippen LogP contribution >= 0.6 is 0 Å². The molecule has 0 radical (unpaired) electrons. The maximum absolute atomic E-state index is 13.0. The molecule has 0 aromatic heterocycles. The van der Waals surface area contributed by atoms with Gasteiger partial charge >= 0.3 is 0 Å². The minimum Gasteiger partial charge on any atom is -0.497 e. The van der Waals surface area contributed by atoms with Gasteiger partial charge in [0, 0.05) is 24.2 Å². The third-order valence-electron chi connectivity index (χ3n) is 6.05. The second-order valence-electron chi connectivity index (χ2n) is 8.92. The Kier molecular flexibility index (Phi) is 14.1. The van der Waals surface area contributed by atoms with Crippen LogP contribution in [-0.4, -0.2) is 25.6 Å². The van der Waals surface area contributed by atoms with Crippen molar-refractivity contribution >= 4 is 5.78 Å². The highest BCUT2D eigenvalue weighted by molar-refractivity contribution is 6.10. The Balaban J connectivity index is 2.03. The van der Waals surface area contributed by atoms with E-state index in [1.807, 2.05) is 42.5 Å². The second-order valence-corrected chi connectivity index (χ2v) is 8.92. The molecule has 0 aliphatic rings. The summed E-state index contributed by atoms with van der Waals surface area (Å²) in [6.07, 6.45) is 10.9. The fourth-order valence-corrected chi connectivity index (χ4v) is 3.92. The number of carbonyl (C=O) groups is 1. The number of hydrogen-bond acceptors (Lipinski definition) is 4. The lowest BCUT2D eigenvalue weighted by Gasteiger charge is -2.16. The molecule has 0 saturated carbocycles. The normalized spacial score (nSPS) is 11.3. The summed E-state index contributed by atoms with van der Waals surface area (Å²) in [6.45, 7) is 9.44. The number of Topliss-reactive ketones (excluding diaryl/α,β-unsaturated/α-hetero) is 1. The molecule has 0 N–H and O–H groups in total. The molecule has 2 aromatic carbocycles. The van der Waals surface area contributed by atoms with Crippen molar-refractivity contribution in [3.05, 3.63) is 71.8 Å². The minimum atomic E-state index is -0.184. The van der Waals surface area contributed by atoms with Crippen LogP contribution in [0.2, 0.25) is 0 Å². The van der Waals surface area contributed by atoms with E-state index in [9.17, 15) is 4.79 Å². The molecule has 194 valence electrons. The van der Waals surface area contributed by atoms with E-state index in [4.69, 9.17) is 14.2 Å². The Labute approximate surface area is 218 Å². The first-order valence-corrected chi connectivity index (χ1v) is 13.3. The molecule has 4 nitrogen and oxygen atoms in total. The van der Waals surface area contributed by atoms with Crippen LogP contribution in [0.5, 0.6) is 11.5 Å². The van der Waals surface area contributed by atoms with Crippen LogP contribution in [0.3, 0.4) is 0 Å². The van der Waals surface area contributed by atoms with Crippen LogP contribution in [0.1, 0.15) is 86.7 Å². The van der Waals surface area contributed by atoms with Crippen LogP contribution in [0, 0.1) is 11.8 Å². The van der Waals surface area contributed by atoms with Crippen molar-refractivity contribution in [1.29, 1.82) is 0 Å². The zero-order valence-corrected chi connectivity index (χ0v) is 22.3. The molecule has 0 fully saturated rings. The topological polar surface area (TPSA) is 44.8 Å². The maximum atomic E-state index is 13.0. The number of allylic oxidation sites excluding steroid dienone is 1. The predicted molar refractivity (Wildman–Crippen MR) is 148 cm³/mol. The van der Waals surface area contributed by atoms with Gasteiger partial charge in [-0.25, -0.2) is 0 Å². The van der Waals surface area contributed by atoms with E-state index < -0.39 is 0 Å². The standard InChI is InChI=1S/C32H42O4/c1-5-8-10-15-28(35-24-9-6-2)16-11-12-18-31(33)29-17-13-19-32(30(29)14-7-3)36-25-26-20-22-27(34-4)23-21-26/h7,13,17,19-23,28H,3,5-6,8-11,14-16,24-25H2,1-2,4H3/t28-/m0/s1. The van der Waals surface area contributed by atoms with E-state index in [-0.39, 0.29) is 11.9 Å². The van der Waals surface area contributed by atoms with E-state index >= 15 is 0 Å². The molecule has 0 heterocycles. The van der Waals surface area contributed by atoms with Crippen molar-refractivity contribution in [2.24, 2.45) is 0 Å². The van der Waals surface area contributed by atoms with Crippen molar-refractivity contribution in [2.45, 2.75) is 84.3 Å². The number of methoxy groups -OCH3 is 1.